The van der Waals surface area contributed by atoms with Crippen LogP contribution in [0.5, 0.6) is 5.75 Å². The molecule has 1 aliphatic rings. The normalized spacial score (nSPS) is 24.3. The zero-order valence-electron chi connectivity index (χ0n) is 10.4. The van der Waals surface area contributed by atoms with E-state index in [1.807, 2.05) is 13.8 Å². The Morgan fingerprint density at radius 1 is 1.25 bits per heavy atom. The maximum Gasteiger partial charge on any atom is 0.120 e. The minimum absolute atomic E-state index is 0.182. The van der Waals surface area contributed by atoms with E-state index in [0.29, 0.717) is 5.92 Å². The van der Waals surface area contributed by atoms with Gasteiger partial charge in [-0.1, -0.05) is 13.0 Å². The van der Waals surface area contributed by atoms with Gasteiger partial charge >= 0.3 is 0 Å². The second-order valence-corrected chi connectivity index (χ2v) is 5.04. The summed E-state index contributed by atoms with van der Waals surface area (Å²) in [6.45, 7) is 6.36. The van der Waals surface area contributed by atoms with Crippen LogP contribution in [-0.4, -0.2) is 6.10 Å². The third-order valence-electron chi connectivity index (χ3n) is 3.27. The van der Waals surface area contributed by atoms with Crippen molar-refractivity contribution in [3.63, 3.8) is 0 Å². The summed E-state index contributed by atoms with van der Waals surface area (Å²) in [7, 11) is 0. The lowest BCUT2D eigenvalue weighted by atomic mass is 9.81. The Hall–Kier alpha value is -1.02. The van der Waals surface area contributed by atoms with E-state index in [1.54, 1.807) is 0 Å². The molecule has 0 fully saturated rings. The molecule has 0 aromatic heterocycles. The van der Waals surface area contributed by atoms with Gasteiger partial charge in [0.2, 0.25) is 0 Å². The highest BCUT2D eigenvalue weighted by atomic mass is 16.5. The molecular formula is C14H21NO. The number of benzene rings is 1. The number of ether oxygens (including phenoxy) is 1. The molecule has 0 amide bonds. The third-order valence-corrected chi connectivity index (χ3v) is 3.27. The summed E-state index contributed by atoms with van der Waals surface area (Å²) in [6.07, 6.45) is 2.49. The number of rotatable bonds is 2. The van der Waals surface area contributed by atoms with E-state index >= 15 is 0 Å². The second kappa shape index (κ2) is 4.46. The van der Waals surface area contributed by atoms with Gasteiger partial charge in [0.25, 0.3) is 0 Å². The lowest BCUT2D eigenvalue weighted by Gasteiger charge is -2.28. The van der Waals surface area contributed by atoms with Crippen LogP contribution in [0.25, 0.3) is 0 Å². The van der Waals surface area contributed by atoms with Crippen LogP contribution in [-0.2, 0) is 0 Å². The highest BCUT2D eigenvalue weighted by Gasteiger charge is 2.22. The highest BCUT2D eigenvalue weighted by molar-refractivity contribution is 5.41. The maximum atomic E-state index is 6.15. The molecule has 0 saturated carbocycles. The van der Waals surface area contributed by atoms with E-state index in [2.05, 4.69) is 25.1 Å². The van der Waals surface area contributed by atoms with Crippen molar-refractivity contribution in [3.05, 3.63) is 29.3 Å². The zero-order chi connectivity index (χ0) is 11.7. The molecule has 1 unspecified atom stereocenters. The molecule has 2 heteroatoms. The largest absolute Gasteiger partial charge is 0.491 e. The SMILES string of the molecule is CC(C)Oc1ccc2c(c1)[C@@H](N)CCC2C. The predicted molar refractivity (Wildman–Crippen MR) is 66.8 cm³/mol. The van der Waals surface area contributed by atoms with E-state index in [-0.39, 0.29) is 12.1 Å². The number of hydrogen-bond acceptors (Lipinski definition) is 2. The molecule has 0 saturated heterocycles. The third kappa shape index (κ3) is 2.22. The van der Waals surface area contributed by atoms with E-state index in [9.17, 15) is 0 Å². The van der Waals surface area contributed by atoms with Gasteiger partial charge in [0.05, 0.1) is 6.10 Å². The Morgan fingerprint density at radius 2 is 2.00 bits per heavy atom. The average Bonchev–Trinajstić information content (AvgIpc) is 2.23. The van der Waals surface area contributed by atoms with Crippen LogP contribution < -0.4 is 10.5 Å². The van der Waals surface area contributed by atoms with E-state index in [4.69, 9.17) is 10.5 Å². The van der Waals surface area contributed by atoms with Crippen LogP contribution in [0, 0.1) is 0 Å². The van der Waals surface area contributed by atoms with Crippen LogP contribution in [0.4, 0.5) is 0 Å². The quantitative estimate of drug-likeness (QED) is 0.827. The molecule has 1 aliphatic carbocycles. The van der Waals surface area contributed by atoms with Gasteiger partial charge in [-0.15, -0.1) is 0 Å². The van der Waals surface area contributed by atoms with Crippen molar-refractivity contribution in [3.8, 4) is 5.75 Å². The molecule has 2 rings (SSSR count). The lowest BCUT2D eigenvalue weighted by Crippen LogP contribution is -2.19. The van der Waals surface area contributed by atoms with E-state index < -0.39 is 0 Å². The molecule has 88 valence electrons. The van der Waals surface area contributed by atoms with Crippen molar-refractivity contribution in [2.24, 2.45) is 5.73 Å². The Balaban J connectivity index is 2.32. The summed E-state index contributed by atoms with van der Waals surface area (Å²) < 4.78 is 5.71. The van der Waals surface area contributed by atoms with Crippen molar-refractivity contribution in [2.75, 3.05) is 0 Å². The number of nitrogens with two attached hydrogens (primary N) is 1. The second-order valence-electron chi connectivity index (χ2n) is 5.04. The van der Waals surface area contributed by atoms with Gasteiger partial charge in [-0.2, -0.15) is 0 Å². The first-order valence-corrected chi connectivity index (χ1v) is 6.14. The molecule has 0 heterocycles. The molecule has 0 radical (unpaired) electrons. The molecule has 2 nitrogen and oxygen atoms in total. The molecule has 0 spiro atoms. The molecule has 0 bridgehead atoms. The summed E-state index contributed by atoms with van der Waals surface area (Å²) in [5.74, 6) is 1.57. The summed E-state index contributed by atoms with van der Waals surface area (Å²) in [5.41, 5.74) is 8.83. The lowest BCUT2D eigenvalue weighted by molar-refractivity contribution is 0.242. The Bertz CT molecular complexity index is 373. The Kier molecular flexibility index (Phi) is 3.20. The fourth-order valence-electron chi connectivity index (χ4n) is 2.41. The van der Waals surface area contributed by atoms with Crippen molar-refractivity contribution in [1.82, 2.24) is 0 Å². The van der Waals surface area contributed by atoms with Crippen molar-refractivity contribution < 1.29 is 4.74 Å². The number of fused-ring (bicyclic) bond motifs is 1. The molecular weight excluding hydrogens is 198 g/mol. The van der Waals surface area contributed by atoms with Gasteiger partial charge in [-0.3, -0.25) is 0 Å². The average molecular weight is 219 g/mol. The first-order chi connectivity index (χ1) is 7.58. The smallest absolute Gasteiger partial charge is 0.120 e. The van der Waals surface area contributed by atoms with Crippen LogP contribution in [0.2, 0.25) is 0 Å². The fourth-order valence-corrected chi connectivity index (χ4v) is 2.41. The van der Waals surface area contributed by atoms with Gasteiger partial charge < -0.3 is 10.5 Å². The standard InChI is InChI=1S/C14H21NO/c1-9(2)16-11-5-6-12-10(3)4-7-14(15)13(12)8-11/h5-6,8-10,14H,4,7,15H2,1-3H3/t10?,14-/m0/s1. The minimum atomic E-state index is 0.182. The molecule has 2 atom stereocenters. The van der Waals surface area contributed by atoms with Gasteiger partial charge in [-0.25, -0.2) is 0 Å². The zero-order valence-corrected chi connectivity index (χ0v) is 10.4. The summed E-state index contributed by atoms with van der Waals surface area (Å²) in [6, 6.07) is 6.54. The van der Waals surface area contributed by atoms with Gasteiger partial charge in [0, 0.05) is 6.04 Å². The molecule has 1 aromatic carbocycles. The van der Waals surface area contributed by atoms with Crippen LogP contribution in [0.15, 0.2) is 18.2 Å². The summed E-state index contributed by atoms with van der Waals surface area (Å²) >= 11 is 0. The van der Waals surface area contributed by atoms with Crippen LogP contribution in [0.1, 0.15) is 56.7 Å². The van der Waals surface area contributed by atoms with Gasteiger partial charge in [0.1, 0.15) is 5.75 Å². The molecule has 0 aliphatic heterocycles. The van der Waals surface area contributed by atoms with E-state index in [1.165, 1.54) is 17.5 Å². The molecule has 16 heavy (non-hydrogen) atoms. The Labute approximate surface area is 97.8 Å². The van der Waals surface area contributed by atoms with Gasteiger partial charge in [0.15, 0.2) is 0 Å². The summed E-state index contributed by atoms with van der Waals surface area (Å²) in [5, 5.41) is 0. The maximum absolute atomic E-state index is 6.15. The first-order valence-electron chi connectivity index (χ1n) is 6.14. The topological polar surface area (TPSA) is 35.2 Å². The molecule has 1 aromatic rings. The van der Waals surface area contributed by atoms with E-state index in [0.717, 1.165) is 12.2 Å². The van der Waals surface area contributed by atoms with Crippen molar-refractivity contribution in [2.45, 2.75) is 51.7 Å². The Morgan fingerprint density at radius 3 is 2.69 bits per heavy atom. The van der Waals surface area contributed by atoms with Crippen molar-refractivity contribution in [1.29, 1.82) is 0 Å². The predicted octanol–water partition coefficient (Wildman–Crippen LogP) is 3.37. The van der Waals surface area contributed by atoms with Crippen LogP contribution >= 0.6 is 0 Å². The fraction of sp³-hybridized carbons (Fsp3) is 0.571. The highest BCUT2D eigenvalue weighted by Crippen LogP contribution is 2.37. The first kappa shape index (κ1) is 11.5. The molecule has 2 N–H and O–H groups in total. The van der Waals surface area contributed by atoms with Crippen molar-refractivity contribution >= 4 is 0 Å². The monoisotopic (exact) mass is 219 g/mol. The number of hydrogen-bond donors (Lipinski definition) is 1. The van der Waals surface area contributed by atoms with Gasteiger partial charge in [-0.05, 0) is 55.9 Å². The van der Waals surface area contributed by atoms with Crippen LogP contribution in [0.3, 0.4) is 0 Å². The summed E-state index contributed by atoms with van der Waals surface area (Å²) in [4.78, 5) is 0. The minimum Gasteiger partial charge on any atom is -0.491 e.